The van der Waals surface area contributed by atoms with Crippen LogP contribution in [0, 0.1) is 0 Å². The Balaban J connectivity index is 2.52. The maximum Gasteiger partial charge on any atom is 0.180 e. The van der Waals surface area contributed by atoms with Crippen LogP contribution in [0.1, 0.15) is 17.3 Å². The molecule has 0 fully saturated rings. The summed E-state index contributed by atoms with van der Waals surface area (Å²) in [4.78, 5) is 12.0. The first-order valence-corrected chi connectivity index (χ1v) is 6.49. The number of carbonyl (C=O) groups excluding carboxylic acids is 1. The smallest absolute Gasteiger partial charge is 0.180 e. The molecule has 0 aliphatic heterocycles. The van der Waals surface area contributed by atoms with Crippen molar-refractivity contribution in [2.24, 2.45) is 0 Å². The fourth-order valence-electron chi connectivity index (χ4n) is 1.93. The van der Waals surface area contributed by atoms with Crippen LogP contribution in [0.2, 0.25) is 0 Å². The molecule has 2 rings (SSSR count). The molecule has 2 aromatic rings. The lowest BCUT2D eigenvalue weighted by molar-refractivity contribution is 0.0992. The van der Waals surface area contributed by atoms with Gasteiger partial charge in [-0.15, -0.1) is 11.6 Å². The summed E-state index contributed by atoms with van der Waals surface area (Å²) in [5.74, 6) is 0.659. The number of Topliss-reactive ketones (excluding diaryl/α,β-unsaturated/α-hetero) is 1. The van der Waals surface area contributed by atoms with Gasteiger partial charge >= 0.3 is 0 Å². The molecule has 2 aromatic carbocycles. The number of ketones is 1. The van der Waals surface area contributed by atoms with Crippen molar-refractivity contribution in [3.63, 3.8) is 0 Å². The highest BCUT2D eigenvalue weighted by Gasteiger charge is 2.15. The molecule has 0 bridgehead atoms. The number of hydrogen-bond acceptors (Lipinski definition) is 2. The standard InChI is InChI=1S/C16H15ClO2/c1-11(17)16(18)13-8-9-15(19-2)14(10-13)12-6-4-3-5-7-12/h3-11H,1-2H3. The van der Waals surface area contributed by atoms with Gasteiger partial charge in [-0.1, -0.05) is 30.3 Å². The van der Waals surface area contributed by atoms with E-state index in [1.807, 2.05) is 36.4 Å². The van der Waals surface area contributed by atoms with Gasteiger partial charge in [0.05, 0.1) is 12.5 Å². The second-order valence-corrected chi connectivity index (χ2v) is 4.92. The predicted molar refractivity (Wildman–Crippen MR) is 78.1 cm³/mol. The van der Waals surface area contributed by atoms with Gasteiger partial charge in [0.2, 0.25) is 0 Å². The molecular weight excluding hydrogens is 260 g/mol. The molecular formula is C16H15ClO2. The van der Waals surface area contributed by atoms with E-state index in [1.54, 1.807) is 26.2 Å². The molecule has 3 heteroatoms. The van der Waals surface area contributed by atoms with E-state index in [0.717, 1.165) is 16.9 Å². The summed E-state index contributed by atoms with van der Waals surface area (Å²) in [7, 11) is 1.62. The summed E-state index contributed by atoms with van der Waals surface area (Å²) in [6, 6.07) is 15.2. The van der Waals surface area contributed by atoms with E-state index in [1.165, 1.54) is 0 Å². The van der Waals surface area contributed by atoms with Gasteiger partial charge in [0.15, 0.2) is 5.78 Å². The normalized spacial score (nSPS) is 11.9. The summed E-state index contributed by atoms with van der Waals surface area (Å²) < 4.78 is 5.35. The highest BCUT2D eigenvalue weighted by Crippen LogP contribution is 2.31. The highest BCUT2D eigenvalue weighted by atomic mass is 35.5. The van der Waals surface area contributed by atoms with Crippen molar-refractivity contribution < 1.29 is 9.53 Å². The third kappa shape index (κ3) is 2.96. The first-order chi connectivity index (χ1) is 9.13. The van der Waals surface area contributed by atoms with Crippen molar-refractivity contribution in [2.45, 2.75) is 12.3 Å². The van der Waals surface area contributed by atoms with E-state index < -0.39 is 5.38 Å². The molecule has 98 valence electrons. The topological polar surface area (TPSA) is 26.3 Å². The van der Waals surface area contributed by atoms with E-state index in [0.29, 0.717) is 5.56 Å². The lowest BCUT2D eigenvalue weighted by atomic mass is 9.99. The minimum absolute atomic E-state index is 0.0819. The average Bonchev–Trinajstić information content (AvgIpc) is 2.46. The lowest BCUT2D eigenvalue weighted by Crippen LogP contribution is -2.10. The Kier molecular flexibility index (Phi) is 4.23. The maximum absolute atomic E-state index is 12.0. The van der Waals surface area contributed by atoms with Crippen LogP contribution < -0.4 is 4.74 Å². The van der Waals surface area contributed by atoms with E-state index in [4.69, 9.17) is 16.3 Å². The van der Waals surface area contributed by atoms with Crippen LogP contribution in [0.15, 0.2) is 48.5 Å². The number of alkyl halides is 1. The molecule has 1 unspecified atom stereocenters. The number of rotatable bonds is 4. The second kappa shape index (κ2) is 5.89. The van der Waals surface area contributed by atoms with Crippen LogP contribution in [-0.2, 0) is 0 Å². The van der Waals surface area contributed by atoms with Gasteiger partial charge in [-0.25, -0.2) is 0 Å². The zero-order chi connectivity index (χ0) is 13.8. The van der Waals surface area contributed by atoms with Crippen molar-refractivity contribution in [1.29, 1.82) is 0 Å². The summed E-state index contributed by atoms with van der Waals surface area (Å²) in [6.45, 7) is 1.68. The molecule has 0 heterocycles. The Bertz CT molecular complexity index is 577. The van der Waals surface area contributed by atoms with Crippen molar-refractivity contribution >= 4 is 17.4 Å². The zero-order valence-electron chi connectivity index (χ0n) is 10.9. The van der Waals surface area contributed by atoms with Gasteiger partial charge in [0.1, 0.15) is 5.75 Å². The molecule has 19 heavy (non-hydrogen) atoms. The molecule has 0 amide bonds. The van der Waals surface area contributed by atoms with Gasteiger partial charge < -0.3 is 4.74 Å². The Morgan fingerprint density at radius 1 is 1.16 bits per heavy atom. The molecule has 1 atom stereocenters. The van der Waals surface area contributed by atoms with Crippen LogP contribution in [0.3, 0.4) is 0 Å². The number of hydrogen-bond donors (Lipinski definition) is 0. The molecule has 0 radical (unpaired) electrons. The molecule has 0 spiro atoms. The van der Waals surface area contributed by atoms with Gasteiger partial charge in [-0.2, -0.15) is 0 Å². The zero-order valence-corrected chi connectivity index (χ0v) is 11.6. The van der Waals surface area contributed by atoms with Crippen LogP contribution in [0.4, 0.5) is 0 Å². The number of benzene rings is 2. The van der Waals surface area contributed by atoms with Gasteiger partial charge in [-0.3, -0.25) is 4.79 Å². The monoisotopic (exact) mass is 274 g/mol. The van der Waals surface area contributed by atoms with Crippen molar-refractivity contribution in [1.82, 2.24) is 0 Å². The number of carbonyl (C=O) groups is 1. The predicted octanol–water partition coefficient (Wildman–Crippen LogP) is 4.17. The summed E-state index contributed by atoms with van der Waals surface area (Å²) in [5, 5.41) is -0.531. The molecule has 0 aliphatic carbocycles. The fraction of sp³-hybridized carbons (Fsp3) is 0.188. The summed E-state index contributed by atoms with van der Waals surface area (Å²) >= 11 is 5.85. The minimum atomic E-state index is -0.531. The van der Waals surface area contributed by atoms with E-state index in [9.17, 15) is 4.79 Å². The number of ether oxygens (including phenoxy) is 1. The molecule has 0 aliphatic rings. The second-order valence-electron chi connectivity index (χ2n) is 4.26. The quantitative estimate of drug-likeness (QED) is 0.618. The van der Waals surface area contributed by atoms with Crippen LogP contribution >= 0.6 is 11.6 Å². The highest BCUT2D eigenvalue weighted by molar-refractivity contribution is 6.33. The van der Waals surface area contributed by atoms with Crippen LogP contribution in [0.25, 0.3) is 11.1 Å². The third-order valence-electron chi connectivity index (χ3n) is 2.93. The minimum Gasteiger partial charge on any atom is -0.496 e. The molecule has 0 saturated heterocycles. The largest absolute Gasteiger partial charge is 0.496 e. The Morgan fingerprint density at radius 2 is 1.84 bits per heavy atom. The Hall–Kier alpha value is -1.80. The van der Waals surface area contributed by atoms with Crippen molar-refractivity contribution in [2.75, 3.05) is 7.11 Å². The summed E-state index contributed by atoms with van der Waals surface area (Å²) in [5.41, 5.74) is 2.50. The fourth-order valence-corrected chi connectivity index (χ4v) is 2.06. The van der Waals surface area contributed by atoms with Crippen LogP contribution in [0.5, 0.6) is 5.75 Å². The first kappa shape index (κ1) is 13.6. The SMILES string of the molecule is COc1ccc(C(=O)C(C)Cl)cc1-c1ccccc1. The van der Waals surface area contributed by atoms with Gasteiger partial charge in [0, 0.05) is 11.1 Å². The molecule has 0 saturated carbocycles. The molecule has 0 N–H and O–H groups in total. The van der Waals surface area contributed by atoms with Gasteiger partial charge in [-0.05, 0) is 30.7 Å². The molecule has 2 nitrogen and oxygen atoms in total. The number of methoxy groups -OCH3 is 1. The lowest BCUT2D eigenvalue weighted by Gasteiger charge is -2.11. The van der Waals surface area contributed by atoms with Crippen molar-refractivity contribution in [3.8, 4) is 16.9 Å². The number of halogens is 1. The average molecular weight is 275 g/mol. The van der Waals surface area contributed by atoms with Gasteiger partial charge in [0.25, 0.3) is 0 Å². The molecule has 0 aromatic heterocycles. The summed E-state index contributed by atoms with van der Waals surface area (Å²) in [6.07, 6.45) is 0. The van der Waals surface area contributed by atoms with E-state index in [-0.39, 0.29) is 5.78 Å². The Morgan fingerprint density at radius 3 is 2.42 bits per heavy atom. The van der Waals surface area contributed by atoms with E-state index in [2.05, 4.69) is 0 Å². The van der Waals surface area contributed by atoms with Crippen molar-refractivity contribution in [3.05, 3.63) is 54.1 Å². The van der Waals surface area contributed by atoms with E-state index >= 15 is 0 Å². The maximum atomic E-state index is 12.0. The Labute approximate surface area is 118 Å². The van der Waals surface area contributed by atoms with Crippen LogP contribution in [-0.4, -0.2) is 18.3 Å². The first-order valence-electron chi connectivity index (χ1n) is 6.05. The third-order valence-corrected chi connectivity index (χ3v) is 3.13.